The first-order chi connectivity index (χ1) is 14.5. The summed E-state index contributed by atoms with van der Waals surface area (Å²) in [5.41, 5.74) is 2.27. The van der Waals surface area contributed by atoms with Crippen molar-refractivity contribution >= 4 is 23.1 Å². The Kier molecular flexibility index (Phi) is 5.67. The summed E-state index contributed by atoms with van der Waals surface area (Å²) in [5.74, 6) is 1.55. The molecule has 3 heterocycles. The number of carbonyl (C=O) groups is 1. The molecule has 1 saturated heterocycles. The van der Waals surface area contributed by atoms with E-state index in [2.05, 4.69) is 26.8 Å². The Morgan fingerprint density at radius 3 is 2.50 bits per heavy atom. The normalized spacial score (nSPS) is 14.2. The van der Waals surface area contributed by atoms with Crippen LogP contribution in [0.5, 0.6) is 5.75 Å². The van der Waals surface area contributed by atoms with Gasteiger partial charge in [-0.25, -0.2) is 15.0 Å². The number of hydrogen-bond donors (Lipinski definition) is 1. The molecule has 1 aromatic carbocycles. The van der Waals surface area contributed by atoms with Crippen molar-refractivity contribution < 1.29 is 9.90 Å². The third kappa shape index (κ3) is 4.00. The van der Waals surface area contributed by atoms with E-state index in [1.807, 2.05) is 36.9 Å². The maximum absolute atomic E-state index is 12.9. The number of para-hydroxylation sites is 1. The fraction of sp³-hybridized carbons (Fsp3) is 0.364. The van der Waals surface area contributed by atoms with Gasteiger partial charge in [-0.05, 0) is 32.4 Å². The van der Waals surface area contributed by atoms with Crippen LogP contribution in [0.3, 0.4) is 0 Å². The lowest BCUT2D eigenvalue weighted by molar-refractivity contribution is 0.0750. The molecule has 2 aromatic heterocycles. The molecule has 0 saturated carbocycles. The van der Waals surface area contributed by atoms with Gasteiger partial charge in [-0.2, -0.15) is 0 Å². The average molecular weight is 424 g/mol. The molecule has 30 heavy (non-hydrogen) atoms. The molecule has 0 atom stereocenters. The minimum Gasteiger partial charge on any atom is -0.507 e. The molecule has 4 rings (SSSR count). The van der Waals surface area contributed by atoms with Crippen LogP contribution < -0.4 is 4.90 Å². The van der Waals surface area contributed by atoms with Crippen LogP contribution in [0.2, 0.25) is 0 Å². The van der Waals surface area contributed by atoms with Crippen LogP contribution >= 0.6 is 11.3 Å². The summed E-state index contributed by atoms with van der Waals surface area (Å²) in [6, 6.07) is 9.03. The van der Waals surface area contributed by atoms with Crippen molar-refractivity contribution in [2.45, 2.75) is 27.2 Å². The molecule has 1 fully saturated rings. The Labute approximate surface area is 180 Å². The number of phenols is 1. The van der Waals surface area contributed by atoms with E-state index in [0.717, 1.165) is 33.5 Å². The van der Waals surface area contributed by atoms with Crippen LogP contribution in [0.4, 0.5) is 5.82 Å². The number of piperazine rings is 1. The van der Waals surface area contributed by atoms with Crippen molar-refractivity contribution in [3.63, 3.8) is 0 Å². The maximum Gasteiger partial charge on any atom is 0.265 e. The largest absolute Gasteiger partial charge is 0.507 e. The summed E-state index contributed by atoms with van der Waals surface area (Å²) in [5, 5.41) is 11.2. The minimum absolute atomic E-state index is 0.0677. The van der Waals surface area contributed by atoms with Crippen molar-refractivity contribution in [2.75, 3.05) is 31.1 Å². The number of aromatic hydroxyl groups is 1. The molecule has 1 N–H and O–H groups in total. The van der Waals surface area contributed by atoms with Gasteiger partial charge in [0.05, 0.1) is 16.3 Å². The number of amides is 1. The molecular formula is C22H25N5O2S. The van der Waals surface area contributed by atoms with Crippen LogP contribution in [-0.2, 0) is 6.42 Å². The van der Waals surface area contributed by atoms with E-state index in [1.165, 1.54) is 11.3 Å². The molecule has 0 unspecified atom stereocenters. The number of aromatic nitrogens is 3. The standard InChI is InChI=1S/C22H25N5O2S/c1-4-19-24-15(3)20(30-19)22(29)27-11-9-26(10-12-27)18-13-14(2)23-21(25-18)16-7-5-6-8-17(16)28/h5-8,13,28H,4,9-12H2,1-3H3. The highest BCUT2D eigenvalue weighted by Crippen LogP contribution is 2.28. The van der Waals surface area contributed by atoms with Gasteiger partial charge in [0, 0.05) is 37.9 Å². The van der Waals surface area contributed by atoms with Crippen LogP contribution in [-0.4, -0.2) is 57.0 Å². The fourth-order valence-electron chi connectivity index (χ4n) is 3.58. The van der Waals surface area contributed by atoms with Crippen molar-refractivity contribution in [1.82, 2.24) is 19.9 Å². The number of thiazole rings is 1. The van der Waals surface area contributed by atoms with Gasteiger partial charge >= 0.3 is 0 Å². The van der Waals surface area contributed by atoms with Gasteiger partial charge in [0.25, 0.3) is 5.91 Å². The highest BCUT2D eigenvalue weighted by molar-refractivity contribution is 7.13. The number of anilines is 1. The Morgan fingerprint density at radius 2 is 1.83 bits per heavy atom. The fourth-order valence-corrected chi connectivity index (χ4v) is 4.55. The average Bonchev–Trinajstić information content (AvgIpc) is 3.14. The van der Waals surface area contributed by atoms with E-state index in [9.17, 15) is 9.90 Å². The van der Waals surface area contributed by atoms with E-state index >= 15 is 0 Å². The molecule has 3 aromatic rings. The number of benzene rings is 1. The second-order valence-electron chi connectivity index (χ2n) is 7.36. The predicted octanol–water partition coefficient (Wildman–Crippen LogP) is 3.45. The maximum atomic E-state index is 12.9. The lowest BCUT2D eigenvalue weighted by atomic mass is 10.2. The summed E-state index contributed by atoms with van der Waals surface area (Å²) in [7, 11) is 0. The van der Waals surface area contributed by atoms with Gasteiger partial charge in [0.2, 0.25) is 0 Å². The molecule has 1 amide bonds. The lowest BCUT2D eigenvalue weighted by Gasteiger charge is -2.35. The highest BCUT2D eigenvalue weighted by Gasteiger charge is 2.26. The summed E-state index contributed by atoms with van der Waals surface area (Å²) < 4.78 is 0. The highest BCUT2D eigenvalue weighted by atomic mass is 32.1. The number of carbonyl (C=O) groups excluding carboxylic acids is 1. The molecule has 1 aliphatic heterocycles. The molecule has 0 bridgehead atoms. The molecule has 8 heteroatoms. The molecular weight excluding hydrogens is 398 g/mol. The first-order valence-electron chi connectivity index (χ1n) is 10.1. The van der Waals surface area contributed by atoms with E-state index in [-0.39, 0.29) is 11.7 Å². The summed E-state index contributed by atoms with van der Waals surface area (Å²) in [6.07, 6.45) is 0.846. The first kappa shape index (κ1) is 20.3. The lowest BCUT2D eigenvalue weighted by Crippen LogP contribution is -2.49. The van der Waals surface area contributed by atoms with E-state index in [4.69, 9.17) is 0 Å². The number of aryl methyl sites for hydroxylation is 3. The Morgan fingerprint density at radius 1 is 1.10 bits per heavy atom. The van der Waals surface area contributed by atoms with Crippen LogP contribution in [0.25, 0.3) is 11.4 Å². The van der Waals surface area contributed by atoms with Crippen LogP contribution in [0.15, 0.2) is 30.3 Å². The topological polar surface area (TPSA) is 82.5 Å². The zero-order valence-electron chi connectivity index (χ0n) is 17.4. The van der Waals surface area contributed by atoms with Crippen molar-refractivity contribution in [1.29, 1.82) is 0 Å². The van der Waals surface area contributed by atoms with E-state index in [1.54, 1.807) is 12.1 Å². The Bertz CT molecular complexity index is 1070. The van der Waals surface area contributed by atoms with Gasteiger partial charge in [0.15, 0.2) is 5.82 Å². The van der Waals surface area contributed by atoms with E-state index < -0.39 is 0 Å². The first-order valence-corrected chi connectivity index (χ1v) is 10.9. The van der Waals surface area contributed by atoms with E-state index in [0.29, 0.717) is 37.6 Å². The van der Waals surface area contributed by atoms with Crippen molar-refractivity contribution in [3.8, 4) is 17.1 Å². The van der Waals surface area contributed by atoms with Crippen molar-refractivity contribution in [3.05, 3.63) is 51.6 Å². The molecule has 0 radical (unpaired) electrons. The Hall–Kier alpha value is -3.00. The minimum atomic E-state index is 0.0677. The third-order valence-corrected chi connectivity index (χ3v) is 6.50. The summed E-state index contributed by atoms with van der Waals surface area (Å²) in [6.45, 7) is 8.54. The Balaban J connectivity index is 1.50. The van der Waals surface area contributed by atoms with Gasteiger partial charge in [-0.15, -0.1) is 11.3 Å². The molecule has 1 aliphatic rings. The van der Waals surface area contributed by atoms with Gasteiger partial charge < -0.3 is 14.9 Å². The smallest absolute Gasteiger partial charge is 0.265 e. The zero-order chi connectivity index (χ0) is 21.3. The quantitative estimate of drug-likeness (QED) is 0.692. The molecule has 0 spiro atoms. The van der Waals surface area contributed by atoms with Crippen LogP contribution in [0, 0.1) is 13.8 Å². The number of hydrogen-bond acceptors (Lipinski definition) is 7. The van der Waals surface area contributed by atoms with Crippen molar-refractivity contribution in [2.24, 2.45) is 0 Å². The second-order valence-corrected chi connectivity index (χ2v) is 8.45. The molecule has 0 aliphatic carbocycles. The SMILES string of the molecule is CCc1nc(C)c(C(=O)N2CCN(c3cc(C)nc(-c4ccccc4O)n3)CC2)s1. The summed E-state index contributed by atoms with van der Waals surface area (Å²) in [4.78, 5) is 31.4. The number of phenolic OH excluding ortho intramolecular Hbond substituents is 1. The summed E-state index contributed by atoms with van der Waals surface area (Å²) >= 11 is 1.50. The zero-order valence-corrected chi connectivity index (χ0v) is 18.2. The van der Waals surface area contributed by atoms with Gasteiger partial charge in [-0.1, -0.05) is 19.1 Å². The van der Waals surface area contributed by atoms with Gasteiger partial charge in [-0.3, -0.25) is 4.79 Å². The second kappa shape index (κ2) is 8.39. The molecule has 7 nitrogen and oxygen atoms in total. The number of nitrogens with zero attached hydrogens (tertiary/aromatic N) is 5. The molecule has 156 valence electrons. The van der Waals surface area contributed by atoms with Crippen LogP contribution in [0.1, 0.15) is 33.0 Å². The monoisotopic (exact) mass is 423 g/mol. The number of rotatable bonds is 4. The van der Waals surface area contributed by atoms with Gasteiger partial charge in [0.1, 0.15) is 16.4 Å². The predicted molar refractivity (Wildman–Crippen MR) is 118 cm³/mol. The third-order valence-electron chi connectivity index (χ3n) is 5.21.